The van der Waals surface area contributed by atoms with Gasteiger partial charge >= 0.3 is 0 Å². The number of aromatic nitrogens is 2. The summed E-state index contributed by atoms with van der Waals surface area (Å²) in [6.07, 6.45) is 0. The van der Waals surface area contributed by atoms with Gasteiger partial charge in [0.1, 0.15) is 29.0 Å². The highest BCUT2D eigenvalue weighted by atomic mass is 19.1. The summed E-state index contributed by atoms with van der Waals surface area (Å²) in [6.45, 7) is 6.61. The molecule has 1 aromatic heterocycles. The minimum atomic E-state index is -0.526. The number of nitrogens with zero attached hydrogens (tertiary/aromatic N) is 2. The van der Waals surface area contributed by atoms with Gasteiger partial charge in [-0.2, -0.15) is 0 Å². The van der Waals surface area contributed by atoms with Crippen LogP contribution >= 0.6 is 0 Å². The molecule has 0 amide bonds. The molecule has 0 atom stereocenters. The molecule has 0 aliphatic carbocycles. The SMILES string of the molecule is Cc1nc(-c2cc(F)ccc2F)c(N)n1CC(C)C. The van der Waals surface area contributed by atoms with Crippen LogP contribution in [0.3, 0.4) is 0 Å². The molecule has 2 rings (SSSR count). The quantitative estimate of drug-likeness (QED) is 0.924. The second kappa shape index (κ2) is 4.99. The van der Waals surface area contributed by atoms with Crippen LogP contribution in [0.5, 0.6) is 0 Å². The summed E-state index contributed by atoms with van der Waals surface area (Å²) in [5.74, 6) is 0.426. The van der Waals surface area contributed by atoms with E-state index in [9.17, 15) is 8.78 Å². The largest absolute Gasteiger partial charge is 0.383 e. The Bertz CT molecular complexity index is 603. The Morgan fingerprint density at radius 2 is 2.00 bits per heavy atom. The molecule has 0 fully saturated rings. The maximum atomic E-state index is 13.8. The Morgan fingerprint density at radius 1 is 1.32 bits per heavy atom. The number of halogens is 2. The Labute approximate surface area is 111 Å². The number of hydrogen-bond acceptors (Lipinski definition) is 2. The maximum absolute atomic E-state index is 13.8. The number of nitrogens with two attached hydrogens (primary N) is 1. The highest BCUT2D eigenvalue weighted by Gasteiger charge is 2.17. The third kappa shape index (κ3) is 2.59. The van der Waals surface area contributed by atoms with E-state index in [2.05, 4.69) is 18.8 Å². The van der Waals surface area contributed by atoms with E-state index < -0.39 is 11.6 Å². The lowest BCUT2D eigenvalue weighted by atomic mass is 10.1. The molecule has 19 heavy (non-hydrogen) atoms. The molecule has 0 spiro atoms. The van der Waals surface area contributed by atoms with Crippen molar-refractivity contribution >= 4 is 5.82 Å². The van der Waals surface area contributed by atoms with Gasteiger partial charge in [0.15, 0.2) is 0 Å². The predicted octanol–water partition coefficient (Wildman–Crippen LogP) is 3.37. The first-order valence-corrected chi connectivity index (χ1v) is 6.18. The summed E-state index contributed by atoms with van der Waals surface area (Å²) in [5, 5.41) is 0. The van der Waals surface area contributed by atoms with Gasteiger partial charge in [-0.05, 0) is 31.0 Å². The summed E-state index contributed by atoms with van der Waals surface area (Å²) in [5.41, 5.74) is 6.42. The van der Waals surface area contributed by atoms with Crippen LogP contribution in [0.15, 0.2) is 18.2 Å². The van der Waals surface area contributed by atoms with Crippen LogP contribution in [0, 0.1) is 24.5 Å². The molecular formula is C14H17F2N3. The minimum Gasteiger partial charge on any atom is -0.383 e. The van der Waals surface area contributed by atoms with Gasteiger partial charge < -0.3 is 10.3 Å². The van der Waals surface area contributed by atoms with E-state index in [-0.39, 0.29) is 5.56 Å². The molecule has 0 aliphatic rings. The third-order valence-electron chi connectivity index (χ3n) is 2.93. The first-order valence-electron chi connectivity index (χ1n) is 6.18. The molecule has 5 heteroatoms. The van der Waals surface area contributed by atoms with Crippen molar-refractivity contribution < 1.29 is 8.78 Å². The minimum absolute atomic E-state index is 0.100. The Hall–Kier alpha value is -1.91. The van der Waals surface area contributed by atoms with Crippen LogP contribution in [0.4, 0.5) is 14.6 Å². The molecule has 2 aromatic rings. The number of anilines is 1. The highest BCUT2D eigenvalue weighted by Crippen LogP contribution is 2.29. The number of imidazole rings is 1. The Balaban J connectivity index is 2.54. The number of hydrogen-bond donors (Lipinski definition) is 1. The van der Waals surface area contributed by atoms with E-state index in [4.69, 9.17) is 5.73 Å². The van der Waals surface area contributed by atoms with E-state index in [1.807, 2.05) is 4.57 Å². The predicted molar refractivity (Wildman–Crippen MR) is 71.6 cm³/mol. The molecule has 0 saturated carbocycles. The number of nitrogen functional groups attached to an aromatic ring is 1. The van der Waals surface area contributed by atoms with E-state index >= 15 is 0 Å². The lowest BCUT2D eigenvalue weighted by molar-refractivity contribution is 0.518. The standard InChI is InChI=1S/C14H17F2N3/c1-8(2)7-19-9(3)18-13(14(19)17)11-6-10(15)4-5-12(11)16/h4-6,8H,7,17H2,1-3H3. The molecule has 0 radical (unpaired) electrons. The van der Waals surface area contributed by atoms with Crippen molar-refractivity contribution in [2.75, 3.05) is 5.73 Å². The monoisotopic (exact) mass is 265 g/mol. The average Bonchev–Trinajstić information content (AvgIpc) is 2.60. The highest BCUT2D eigenvalue weighted by molar-refractivity contribution is 5.71. The molecule has 3 nitrogen and oxygen atoms in total. The first-order chi connectivity index (χ1) is 8.90. The van der Waals surface area contributed by atoms with Gasteiger partial charge in [-0.15, -0.1) is 0 Å². The normalized spacial score (nSPS) is 11.3. The van der Waals surface area contributed by atoms with Crippen LogP contribution in [0.1, 0.15) is 19.7 Å². The Kier molecular flexibility index (Phi) is 3.55. The van der Waals surface area contributed by atoms with Gasteiger partial charge in [0.05, 0.1) is 0 Å². The second-order valence-electron chi connectivity index (χ2n) is 5.02. The van der Waals surface area contributed by atoms with Crippen LogP contribution in [-0.2, 0) is 6.54 Å². The second-order valence-corrected chi connectivity index (χ2v) is 5.02. The maximum Gasteiger partial charge on any atom is 0.132 e. The van der Waals surface area contributed by atoms with Gasteiger partial charge in [-0.3, -0.25) is 0 Å². The van der Waals surface area contributed by atoms with E-state index in [1.165, 1.54) is 0 Å². The molecule has 0 bridgehead atoms. The van der Waals surface area contributed by atoms with Gasteiger partial charge in [-0.25, -0.2) is 13.8 Å². The molecule has 102 valence electrons. The number of aryl methyl sites for hydroxylation is 1. The molecule has 1 heterocycles. The molecular weight excluding hydrogens is 248 g/mol. The molecule has 2 N–H and O–H groups in total. The summed E-state index contributed by atoms with van der Waals surface area (Å²) >= 11 is 0. The van der Waals surface area contributed by atoms with Crippen molar-refractivity contribution in [1.82, 2.24) is 9.55 Å². The van der Waals surface area contributed by atoms with Crippen molar-refractivity contribution in [2.24, 2.45) is 5.92 Å². The van der Waals surface area contributed by atoms with E-state index in [0.29, 0.717) is 29.8 Å². The molecule has 0 aliphatic heterocycles. The van der Waals surface area contributed by atoms with Crippen molar-refractivity contribution in [1.29, 1.82) is 0 Å². The topological polar surface area (TPSA) is 43.8 Å². The van der Waals surface area contributed by atoms with Crippen molar-refractivity contribution in [3.63, 3.8) is 0 Å². The summed E-state index contributed by atoms with van der Waals surface area (Å²) in [4.78, 5) is 4.27. The molecule has 1 aromatic carbocycles. The molecule has 0 unspecified atom stereocenters. The van der Waals surface area contributed by atoms with Crippen molar-refractivity contribution in [3.05, 3.63) is 35.7 Å². The summed E-state index contributed by atoms with van der Waals surface area (Å²) < 4.78 is 28.8. The third-order valence-corrected chi connectivity index (χ3v) is 2.93. The van der Waals surface area contributed by atoms with Crippen LogP contribution in [-0.4, -0.2) is 9.55 Å². The van der Waals surface area contributed by atoms with Crippen LogP contribution in [0.2, 0.25) is 0 Å². The van der Waals surface area contributed by atoms with Gasteiger partial charge in [-0.1, -0.05) is 13.8 Å². The summed E-state index contributed by atoms with van der Waals surface area (Å²) in [7, 11) is 0. The fraction of sp³-hybridized carbons (Fsp3) is 0.357. The number of benzene rings is 1. The van der Waals surface area contributed by atoms with Gasteiger partial charge in [0.2, 0.25) is 0 Å². The molecule has 0 saturated heterocycles. The van der Waals surface area contributed by atoms with Crippen LogP contribution < -0.4 is 5.73 Å². The van der Waals surface area contributed by atoms with Gasteiger partial charge in [0.25, 0.3) is 0 Å². The van der Waals surface area contributed by atoms with E-state index in [1.54, 1.807) is 6.92 Å². The van der Waals surface area contributed by atoms with Crippen molar-refractivity contribution in [2.45, 2.75) is 27.3 Å². The summed E-state index contributed by atoms with van der Waals surface area (Å²) in [6, 6.07) is 3.28. The average molecular weight is 265 g/mol. The number of rotatable bonds is 3. The zero-order valence-corrected chi connectivity index (χ0v) is 11.2. The van der Waals surface area contributed by atoms with E-state index in [0.717, 1.165) is 18.2 Å². The smallest absolute Gasteiger partial charge is 0.132 e. The Morgan fingerprint density at radius 3 is 2.63 bits per heavy atom. The van der Waals surface area contributed by atoms with Gasteiger partial charge in [0, 0.05) is 12.1 Å². The lowest BCUT2D eigenvalue weighted by Gasteiger charge is -2.10. The fourth-order valence-electron chi connectivity index (χ4n) is 2.05. The van der Waals surface area contributed by atoms with Crippen LogP contribution in [0.25, 0.3) is 11.3 Å². The first kappa shape index (κ1) is 13.5. The zero-order valence-electron chi connectivity index (χ0n) is 11.2. The van der Waals surface area contributed by atoms with Crippen molar-refractivity contribution in [3.8, 4) is 11.3 Å². The zero-order chi connectivity index (χ0) is 14.2. The lowest BCUT2D eigenvalue weighted by Crippen LogP contribution is -2.09. The fourth-order valence-corrected chi connectivity index (χ4v) is 2.05.